The molecule has 2 rings (SSSR count). The first-order valence-corrected chi connectivity index (χ1v) is 13.9. The molecule has 0 spiro atoms. The van der Waals surface area contributed by atoms with Crippen LogP contribution in [-0.2, 0) is 13.6 Å². The predicted molar refractivity (Wildman–Crippen MR) is 94.8 cm³/mol. The summed E-state index contributed by atoms with van der Waals surface area (Å²) in [7, 11) is -4.49. The van der Waals surface area contributed by atoms with E-state index in [-0.39, 0.29) is 5.78 Å². The first kappa shape index (κ1) is 18.2. The second-order valence-electron chi connectivity index (χ2n) is 7.40. The van der Waals surface area contributed by atoms with Gasteiger partial charge in [0.1, 0.15) is 5.78 Å². The van der Waals surface area contributed by atoms with Crippen LogP contribution in [0.15, 0.2) is 11.8 Å². The van der Waals surface area contributed by atoms with Gasteiger partial charge in [-0.15, -0.1) is 0 Å². The van der Waals surface area contributed by atoms with Crippen LogP contribution in [0.4, 0.5) is 0 Å². The molecule has 0 bridgehead atoms. The van der Waals surface area contributed by atoms with Gasteiger partial charge in [0.15, 0.2) is 0 Å². The molecule has 1 heterocycles. The molecular formula is C16H32NO3PSi. The minimum Gasteiger partial charge on any atom is -0.359 e. The average molecular weight is 345 g/mol. The maximum Gasteiger partial charge on any atom is 0.354 e. The van der Waals surface area contributed by atoms with E-state index in [1.165, 1.54) is 37.7 Å². The number of hydrogen-bond donors (Lipinski definition) is 0. The fraction of sp³-hybridized carbons (Fsp3) is 0.875. The van der Waals surface area contributed by atoms with Gasteiger partial charge in [-0.05, 0) is 45.7 Å². The van der Waals surface area contributed by atoms with Gasteiger partial charge >= 0.3 is 7.60 Å². The molecule has 2 fully saturated rings. The zero-order valence-corrected chi connectivity index (χ0v) is 16.7. The summed E-state index contributed by atoms with van der Waals surface area (Å²) in [5.41, 5.74) is 1.88. The molecule has 0 unspecified atom stereocenters. The van der Waals surface area contributed by atoms with Crippen LogP contribution in [0, 0.1) is 0 Å². The fourth-order valence-electron chi connectivity index (χ4n) is 3.52. The van der Waals surface area contributed by atoms with E-state index in [4.69, 9.17) is 9.05 Å². The van der Waals surface area contributed by atoms with Crippen molar-refractivity contribution in [1.82, 2.24) is 4.90 Å². The van der Waals surface area contributed by atoms with Crippen molar-refractivity contribution in [2.24, 2.45) is 0 Å². The van der Waals surface area contributed by atoms with Gasteiger partial charge in [-0.2, -0.15) is 0 Å². The van der Waals surface area contributed by atoms with Crippen LogP contribution in [-0.4, -0.2) is 37.6 Å². The molecule has 6 heteroatoms. The molecule has 0 radical (unpaired) electrons. The van der Waals surface area contributed by atoms with Crippen LogP contribution in [0.25, 0.3) is 0 Å². The summed E-state index contributed by atoms with van der Waals surface area (Å²) in [6.07, 6.45) is 8.59. The van der Waals surface area contributed by atoms with Gasteiger partial charge in [-0.3, -0.25) is 4.57 Å². The molecule has 128 valence electrons. The number of allylic oxidation sites excluding steroid dienone is 1. The molecule has 2 aliphatic rings. The Kier molecular flexibility index (Phi) is 5.98. The Hall–Kier alpha value is -0.0931. The maximum atomic E-state index is 13.2. The largest absolute Gasteiger partial charge is 0.359 e. The van der Waals surface area contributed by atoms with Crippen molar-refractivity contribution < 1.29 is 13.6 Å². The lowest BCUT2D eigenvalue weighted by atomic mass is 9.96. The van der Waals surface area contributed by atoms with Gasteiger partial charge in [-0.1, -0.05) is 31.6 Å². The van der Waals surface area contributed by atoms with Crippen LogP contribution >= 0.6 is 7.60 Å². The van der Waals surface area contributed by atoms with Crippen molar-refractivity contribution in [2.75, 3.05) is 13.2 Å². The molecule has 1 aliphatic heterocycles. The Morgan fingerprint density at radius 1 is 1.14 bits per heavy atom. The van der Waals surface area contributed by atoms with Gasteiger partial charge < -0.3 is 13.9 Å². The van der Waals surface area contributed by atoms with E-state index in [1.807, 2.05) is 13.8 Å². The first-order chi connectivity index (χ1) is 10.3. The minimum atomic E-state index is -3.04. The third-order valence-corrected chi connectivity index (χ3v) is 9.58. The fourth-order valence-corrected chi connectivity index (χ4v) is 9.70. The summed E-state index contributed by atoms with van der Waals surface area (Å²) in [4.78, 5) is 2.30. The third kappa shape index (κ3) is 4.05. The number of rotatable bonds is 7. The smallest absolute Gasteiger partial charge is 0.354 e. The molecular weight excluding hydrogens is 313 g/mol. The Morgan fingerprint density at radius 2 is 1.68 bits per heavy atom. The van der Waals surface area contributed by atoms with Gasteiger partial charge in [0.25, 0.3) is 0 Å². The van der Waals surface area contributed by atoms with E-state index in [0.29, 0.717) is 18.9 Å². The molecule has 1 aliphatic carbocycles. The van der Waals surface area contributed by atoms with Crippen molar-refractivity contribution in [3.05, 3.63) is 11.8 Å². The summed E-state index contributed by atoms with van der Waals surface area (Å²) >= 11 is 0. The zero-order valence-electron chi connectivity index (χ0n) is 14.8. The second kappa shape index (κ2) is 7.21. The van der Waals surface area contributed by atoms with Crippen molar-refractivity contribution in [2.45, 2.75) is 77.0 Å². The van der Waals surface area contributed by atoms with Crippen LogP contribution in [0.3, 0.4) is 0 Å². The second-order valence-corrected chi connectivity index (χ2v) is 14.8. The molecule has 4 nitrogen and oxygen atoms in total. The van der Waals surface area contributed by atoms with Crippen LogP contribution < -0.4 is 0 Å². The first-order valence-electron chi connectivity index (χ1n) is 8.69. The van der Waals surface area contributed by atoms with E-state index < -0.39 is 15.7 Å². The molecule has 1 saturated carbocycles. The average Bonchev–Trinajstić information content (AvgIpc) is 3.15. The monoisotopic (exact) mass is 345 g/mol. The molecule has 0 N–H and O–H groups in total. The molecule has 22 heavy (non-hydrogen) atoms. The Morgan fingerprint density at radius 3 is 2.14 bits per heavy atom. The van der Waals surface area contributed by atoms with E-state index in [0.717, 1.165) is 0 Å². The lowest BCUT2D eigenvalue weighted by molar-refractivity contribution is 0.216. The van der Waals surface area contributed by atoms with E-state index in [2.05, 4.69) is 30.7 Å². The molecule has 2 atom stereocenters. The minimum absolute atomic E-state index is 0.0616. The maximum absolute atomic E-state index is 13.2. The highest BCUT2D eigenvalue weighted by Gasteiger charge is 2.63. The van der Waals surface area contributed by atoms with Crippen molar-refractivity contribution in [1.29, 1.82) is 0 Å². The topological polar surface area (TPSA) is 38.5 Å². The Labute approximate surface area is 136 Å². The SMILES string of the molecule is CCOP(=O)(OCC)[C@@H]1[C@H]([Si](C)(C)C)N1C=C1CCCCC1. The Balaban J connectivity index is 2.21. The lowest BCUT2D eigenvalue weighted by Crippen LogP contribution is -2.32. The van der Waals surface area contributed by atoms with Gasteiger partial charge in [0, 0.05) is 0 Å². The van der Waals surface area contributed by atoms with Crippen LogP contribution in [0.5, 0.6) is 0 Å². The van der Waals surface area contributed by atoms with Gasteiger partial charge in [0.2, 0.25) is 0 Å². The van der Waals surface area contributed by atoms with Crippen LogP contribution in [0.1, 0.15) is 46.0 Å². The van der Waals surface area contributed by atoms with Crippen molar-refractivity contribution in [3.63, 3.8) is 0 Å². The zero-order chi connectivity index (χ0) is 16.4. The number of nitrogens with zero attached hydrogens (tertiary/aromatic N) is 1. The quantitative estimate of drug-likeness (QED) is 0.370. The standard InChI is InChI=1S/C16H32NO3PSi/c1-6-19-21(18,20-7-2)15-16(22(3,4)5)17(15)13-14-11-9-8-10-12-14/h13,15-16H,6-12H2,1-5H3/t15-,16+,17?/m1/s1. The molecule has 0 aromatic rings. The molecule has 0 amide bonds. The van der Waals surface area contributed by atoms with Crippen molar-refractivity contribution >= 4 is 15.7 Å². The normalized spacial score (nSPS) is 26.2. The highest BCUT2D eigenvalue weighted by atomic mass is 31.2. The molecule has 1 saturated heterocycles. The number of hydrogen-bond acceptors (Lipinski definition) is 4. The van der Waals surface area contributed by atoms with Gasteiger partial charge in [-0.25, -0.2) is 0 Å². The summed E-state index contributed by atoms with van der Waals surface area (Å²) in [5.74, 6) is -0.0616. The predicted octanol–water partition coefficient (Wildman–Crippen LogP) is 4.99. The van der Waals surface area contributed by atoms with E-state index in [9.17, 15) is 4.57 Å². The summed E-state index contributed by atoms with van der Waals surface area (Å²) < 4.78 is 24.4. The third-order valence-electron chi connectivity index (χ3n) is 4.48. The summed E-state index contributed by atoms with van der Waals surface area (Å²) in [6.45, 7) is 11.7. The van der Waals surface area contributed by atoms with E-state index >= 15 is 0 Å². The summed E-state index contributed by atoms with van der Waals surface area (Å²) in [5, 5.41) is 0. The van der Waals surface area contributed by atoms with Gasteiger partial charge in [0.05, 0.1) is 27.0 Å². The highest BCUT2D eigenvalue weighted by molar-refractivity contribution is 7.55. The van der Waals surface area contributed by atoms with E-state index in [1.54, 1.807) is 0 Å². The van der Waals surface area contributed by atoms with Crippen molar-refractivity contribution in [3.8, 4) is 0 Å². The highest BCUT2D eigenvalue weighted by Crippen LogP contribution is 2.64. The molecule has 0 aromatic heterocycles. The summed E-state index contributed by atoms with van der Waals surface area (Å²) in [6, 6.07) is 0. The Bertz CT molecular complexity index is 443. The molecule has 0 aromatic carbocycles. The van der Waals surface area contributed by atoms with Crippen LogP contribution in [0.2, 0.25) is 19.6 Å². The lowest BCUT2D eigenvalue weighted by Gasteiger charge is -2.18.